The van der Waals surface area contributed by atoms with Crippen molar-refractivity contribution in [2.24, 2.45) is 11.7 Å². The van der Waals surface area contributed by atoms with Crippen LogP contribution in [-0.2, 0) is 0 Å². The van der Waals surface area contributed by atoms with E-state index in [4.69, 9.17) is 18.0 Å². The summed E-state index contributed by atoms with van der Waals surface area (Å²) in [5.41, 5.74) is 7.64. The zero-order valence-electron chi connectivity index (χ0n) is 11.4. The van der Waals surface area contributed by atoms with E-state index in [1.165, 1.54) is 25.7 Å². The number of unbranched alkanes of at least 4 members (excludes halogenated alkanes) is 1. The minimum Gasteiger partial charge on any atom is -0.389 e. The molecule has 1 atom stereocenters. The molecule has 0 aromatic heterocycles. The summed E-state index contributed by atoms with van der Waals surface area (Å²) in [6, 6.07) is 8.03. The van der Waals surface area contributed by atoms with Crippen molar-refractivity contribution in [1.29, 1.82) is 0 Å². The number of rotatable bonds is 8. The van der Waals surface area contributed by atoms with Gasteiger partial charge in [0.1, 0.15) is 4.99 Å². The Bertz CT molecular complexity index is 359. The standard InChI is InChI=1S/C15H24N2S/c1-3-5-6-12(4-2)11-17-14-9-7-13(8-10-14)15(16)18/h7-10,12,17H,3-6,11H2,1-2H3,(H2,16,18). The first-order valence-electron chi connectivity index (χ1n) is 6.81. The van der Waals surface area contributed by atoms with Crippen LogP contribution in [-0.4, -0.2) is 11.5 Å². The Morgan fingerprint density at radius 2 is 1.94 bits per heavy atom. The molecule has 3 heteroatoms. The molecule has 0 heterocycles. The van der Waals surface area contributed by atoms with Gasteiger partial charge in [0.05, 0.1) is 0 Å². The van der Waals surface area contributed by atoms with Gasteiger partial charge >= 0.3 is 0 Å². The third kappa shape index (κ3) is 5.05. The van der Waals surface area contributed by atoms with Gasteiger partial charge in [-0.15, -0.1) is 0 Å². The summed E-state index contributed by atoms with van der Waals surface area (Å²) in [4.78, 5) is 0.455. The monoisotopic (exact) mass is 264 g/mol. The average molecular weight is 264 g/mol. The molecule has 0 aliphatic heterocycles. The number of thiocarbonyl (C=S) groups is 1. The maximum absolute atomic E-state index is 5.57. The van der Waals surface area contributed by atoms with Gasteiger partial charge < -0.3 is 11.1 Å². The fourth-order valence-electron chi connectivity index (χ4n) is 1.96. The van der Waals surface area contributed by atoms with E-state index >= 15 is 0 Å². The number of hydrogen-bond donors (Lipinski definition) is 2. The largest absolute Gasteiger partial charge is 0.389 e. The molecular weight excluding hydrogens is 240 g/mol. The van der Waals surface area contributed by atoms with E-state index in [2.05, 4.69) is 19.2 Å². The normalized spacial score (nSPS) is 12.1. The molecular formula is C15H24N2S. The summed E-state index contributed by atoms with van der Waals surface area (Å²) >= 11 is 4.94. The van der Waals surface area contributed by atoms with Gasteiger partial charge in [-0.3, -0.25) is 0 Å². The molecule has 100 valence electrons. The first-order valence-corrected chi connectivity index (χ1v) is 7.21. The molecule has 18 heavy (non-hydrogen) atoms. The number of hydrogen-bond acceptors (Lipinski definition) is 2. The molecule has 0 radical (unpaired) electrons. The first-order chi connectivity index (χ1) is 8.67. The van der Waals surface area contributed by atoms with Crippen molar-refractivity contribution in [3.05, 3.63) is 29.8 Å². The quantitative estimate of drug-likeness (QED) is 0.698. The number of benzene rings is 1. The predicted molar refractivity (Wildman–Crippen MR) is 84.1 cm³/mol. The predicted octanol–water partition coefficient (Wildman–Crippen LogP) is 3.95. The van der Waals surface area contributed by atoms with Crippen LogP contribution < -0.4 is 11.1 Å². The molecule has 0 amide bonds. The SMILES string of the molecule is CCCCC(CC)CNc1ccc(C(N)=S)cc1. The highest BCUT2D eigenvalue weighted by Gasteiger charge is 2.05. The lowest BCUT2D eigenvalue weighted by molar-refractivity contribution is 0.473. The van der Waals surface area contributed by atoms with Gasteiger partial charge in [-0.2, -0.15) is 0 Å². The Hall–Kier alpha value is -1.09. The Morgan fingerprint density at radius 1 is 1.28 bits per heavy atom. The lowest BCUT2D eigenvalue weighted by atomic mass is 9.99. The maximum Gasteiger partial charge on any atom is 0.103 e. The molecule has 0 saturated heterocycles. The summed E-state index contributed by atoms with van der Waals surface area (Å²) in [5, 5.41) is 3.49. The van der Waals surface area contributed by atoms with E-state index in [0.29, 0.717) is 4.99 Å². The van der Waals surface area contributed by atoms with Crippen LogP contribution in [0, 0.1) is 5.92 Å². The number of nitrogens with two attached hydrogens (primary N) is 1. The van der Waals surface area contributed by atoms with Crippen LogP contribution in [0.5, 0.6) is 0 Å². The first kappa shape index (κ1) is 15.0. The number of nitrogens with one attached hydrogen (secondary N) is 1. The second kappa shape index (κ2) is 8.09. The minimum absolute atomic E-state index is 0.455. The van der Waals surface area contributed by atoms with Gasteiger partial charge in [-0.05, 0) is 36.6 Å². The molecule has 1 rings (SSSR count). The zero-order valence-corrected chi connectivity index (χ0v) is 12.2. The van der Waals surface area contributed by atoms with Crippen LogP contribution in [0.2, 0.25) is 0 Å². The molecule has 1 unspecified atom stereocenters. The van der Waals surface area contributed by atoms with Crippen LogP contribution in [0.1, 0.15) is 45.1 Å². The van der Waals surface area contributed by atoms with E-state index in [1.807, 2.05) is 24.3 Å². The summed E-state index contributed by atoms with van der Waals surface area (Å²) in [6.07, 6.45) is 5.14. The van der Waals surface area contributed by atoms with Crippen LogP contribution in [0.25, 0.3) is 0 Å². The fraction of sp³-hybridized carbons (Fsp3) is 0.533. The molecule has 0 spiro atoms. The molecule has 0 aliphatic carbocycles. The Balaban J connectivity index is 2.44. The van der Waals surface area contributed by atoms with E-state index in [1.54, 1.807) is 0 Å². The molecule has 0 aliphatic rings. The van der Waals surface area contributed by atoms with Crippen LogP contribution >= 0.6 is 12.2 Å². The molecule has 1 aromatic rings. The van der Waals surface area contributed by atoms with Crippen molar-refractivity contribution in [2.75, 3.05) is 11.9 Å². The van der Waals surface area contributed by atoms with Crippen molar-refractivity contribution >= 4 is 22.9 Å². The van der Waals surface area contributed by atoms with Crippen LogP contribution in [0.3, 0.4) is 0 Å². The van der Waals surface area contributed by atoms with Gasteiger partial charge in [-0.25, -0.2) is 0 Å². The molecule has 0 bridgehead atoms. The van der Waals surface area contributed by atoms with Crippen molar-refractivity contribution in [3.8, 4) is 0 Å². The van der Waals surface area contributed by atoms with E-state index < -0.39 is 0 Å². The van der Waals surface area contributed by atoms with Crippen molar-refractivity contribution in [3.63, 3.8) is 0 Å². The van der Waals surface area contributed by atoms with Crippen LogP contribution in [0.15, 0.2) is 24.3 Å². The average Bonchev–Trinajstić information content (AvgIpc) is 2.39. The Morgan fingerprint density at radius 3 is 2.44 bits per heavy atom. The number of anilines is 1. The van der Waals surface area contributed by atoms with Gasteiger partial charge in [0.2, 0.25) is 0 Å². The van der Waals surface area contributed by atoms with E-state index in [9.17, 15) is 0 Å². The van der Waals surface area contributed by atoms with Crippen molar-refractivity contribution in [2.45, 2.75) is 39.5 Å². The third-order valence-corrected chi connectivity index (χ3v) is 3.54. The molecule has 0 saturated carbocycles. The van der Waals surface area contributed by atoms with Gasteiger partial charge in [0.25, 0.3) is 0 Å². The van der Waals surface area contributed by atoms with Gasteiger partial charge in [-0.1, -0.05) is 45.3 Å². The minimum atomic E-state index is 0.455. The van der Waals surface area contributed by atoms with Gasteiger partial charge in [0, 0.05) is 17.8 Å². The highest BCUT2D eigenvalue weighted by molar-refractivity contribution is 7.80. The Kier molecular flexibility index (Phi) is 6.73. The summed E-state index contributed by atoms with van der Waals surface area (Å²) in [7, 11) is 0. The second-order valence-corrected chi connectivity index (χ2v) is 5.18. The lowest BCUT2D eigenvalue weighted by Gasteiger charge is -2.16. The van der Waals surface area contributed by atoms with Crippen LogP contribution in [0.4, 0.5) is 5.69 Å². The molecule has 0 fully saturated rings. The second-order valence-electron chi connectivity index (χ2n) is 4.74. The van der Waals surface area contributed by atoms with Crippen molar-refractivity contribution < 1.29 is 0 Å². The molecule has 1 aromatic carbocycles. The summed E-state index contributed by atoms with van der Waals surface area (Å²) in [6.45, 7) is 5.55. The van der Waals surface area contributed by atoms with Crippen molar-refractivity contribution in [1.82, 2.24) is 0 Å². The fourth-order valence-corrected chi connectivity index (χ4v) is 2.09. The molecule has 3 N–H and O–H groups in total. The van der Waals surface area contributed by atoms with E-state index in [-0.39, 0.29) is 0 Å². The van der Waals surface area contributed by atoms with E-state index in [0.717, 1.165) is 23.7 Å². The highest BCUT2D eigenvalue weighted by atomic mass is 32.1. The smallest absolute Gasteiger partial charge is 0.103 e. The summed E-state index contributed by atoms with van der Waals surface area (Å²) < 4.78 is 0. The highest BCUT2D eigenvalue weighted by Crippen LogP contribution is 2.15. The molecule has 2 nitrogen and oxygen atoms in total. The lowest BCUT2D eigenvalue weighted by Crippen LogP contribution is -2.14. The van der Waals surface area contributed by atoms with Gasteiger partial charge in [0.15, 0.2) is 0 Å². The summed E-state index contributed by atoms with van der Waals surface area (Å²) in [5.74, 6) is 0.764. The maximum atomic E-state index is 5.57. The third-order valence-electron chi connectivity index (χ3n) is 3.31. The zero-order chi connectivity index (χ0) is 13.4. The topological polar surface area (TPSA) is 38.0 Å². The Labute approximate surface area is 116 Å².